The first kappa shape index (κ1) is 15.6. The lowest BCUT2D eigenvalue weighted by Crippen LogP contribution is -2.47. The Labute approximate surface area is 125 Å². The van der Waals surface area contributed by atoms with Crippen molar-refractivity contribution in [2.75, 3.05) is 56.6 Å². The summed E-state index contributed by atoms with van der Waals surface area (Å²) < 4.78 is 5.02. The third-order valence-electron chi connectivity index (χ3n) is 3.67. The van der Waals surface area contributed by atoms with Gasteiger partial charge in [0.05, 0.1) is 30.2 Å². The molecular weight excluding hydrogens is 270 g/mol. The Morgan fingerprint density at radius 1 is 1.33 bits per heavy atom. The maximum Gasteiger partial charge on any atom is 0.338 e. The van der Waals surface area contributed by atoms with Crippen molar-refractivity contribution in [1.82, 2.24) is 4.90 Å². The molecule has 0 saturated carbocycles. The number of nitrogen functional groups attached to an aromatic ring is 1. The number of anilines is 2. The van der Waals surface area contributed by atoms with Gasteiger partial charge in [-0.3, -0.25) is 4.90 Å². The molecule has 0 bridgehead atoms. The monoisotopic (exact) mass is 293 g/mol. The molecule has 0 aromatic heterocycles. The summed E-state index contributed by atoms with van der Waals surface area (Å²) in [5.41, 5.74) is 8.11. The van der Waals surface area contributed by atoms with Crippen LogP contribution in [0.4, 0.5) is 11.4 Å². The maximum atomic E-state index is 11.8. The van der Waals surface area contributed by atoms with Gasteiger partial charge in [-0.15, -0.1) is 0 Å². The molecule has 1 aliphatic heterocycles. The van der Waals surface area contributed by atoms with Crippen molar-refractivity contribution in [3.8, 4) is 0 Å². The van der Waals surface area contributed by atoms with Gasteiger partial charge in [0.25, 0.3) is 0 Å². The summed E-state index contributed by atoms with van der Waals surface area (Å²) in [5.74, 6) is -0.322. The number of nitrogens with zero attached hydrogens (tertiary/aromatic N) is 2. The Balaban J connectivity index is 2.09. The van der Waals surface area contributed by atoms with Crippen molar-refractivity contribution in [2.24, 2.45) is 0 Å². The Bertz CT molecular complexity index is 485. The van der Waals surface area contributed by atoms with Gasteiger partial charge in [-0.25, -0.2) is 4.79 Å². The molecule has 0 radical (unpaired) electrons. The van der Waals surface area contributed by atoms with Crippen molar-refractivity contribution >= 4 is 17.3 Å². The number of carbonyl (C=O) groups is 1. The number of rotatable bonds is 5. The van der Waals surface area contributed by atoms with Crippen LogP contribution in [0.3, 0.4) is 0 Å². The lowest BCUT2D eigenvalue weighted by molar-refractivity contribution is 0.0526. The first-order chi connectivity index (χ1) is 10.2. The van der Waals surface area contributed by atoms with Gasteiger partial charge in [-0.1, -0.05) is 0 Å². The minimum atomic E-state index is -0.322. The number of aliphatic hydroxyl groups excluding tert-OH is 1. The summed E-state index contributed by atoms with van der Waals surface area (Å²) in [7, 11) is 0. The molecule has 0 atom stereocenters. The molecule has 1 fully saturated rings. The highest BCUT2D eigenvalue weighted by atomic mass is 16.5. The molecule has 1 aliphatic rings. The molecule has 2 rings (SSSR count). The Hall–Kier alpha value is -1.79. The second-order valence-electron chi connectivity index (χ2n) is 5.05. The number of β-amino-alcohol motifs (C(OH)–C–C–N with tert-alkyl or cyclic N) is 1. The number of carbonyl (C=O) groups excluding carboxylic acids is 1. The standard InChI is InChI=1S/C15H23N3O3/c1-2-21-15(20)12-3-4-13(16)14(11-12)18-7-5-17(6-8-18)9-10-19/h3-4,11,19H,2,5-10,16H2,1H3. The summed E-state index contributed by atoms with van der Waals surface area (Å²) in [6.45, 7) is 6.45. The fourth-order valence-electron chi connectivity index (χ4n) is 2.51. The van der Waals surface area contributed by atoms with Gasteiger partial charge in [-0.05, 0) is 25.1 Å². The van der Waals surface area contributed by atoms with Crippen LogP contribution in [0.15, 0.2) is 18.2 Å². The van der Waals surface area contributed by atoms with Gasteiger partial charge in [-0.2, -0.15) is 0 Å². The number of aliphatic hydroxyl groups is 1. The van der Waals surface area contributed by atoms with E-state index in [1.165, 1.54) is 0 Å². The topological polar surface area (TPSA) is 79.0 Å². The molecule has 0 amide bonds. The smallest absolute Gasteiger partial charge is 0.338 e. The van der Waals surface area contributed by atoms with Crippen LogP contribution in [-0.4, -0.2) is 61.9 Å². The highest BCUT2D eigenvalue weighted by Crippen LogP contribution is 2.26. The molecule has 1 heterocycles. The van der Waals surface area contributed by atoms with Gasteiger partial charge in [0.1, 0.15) is 0 Å². The average Bonchev–Trinajstić information content (AvgIpc) is 2.49. The van der Waals surface area contributed by atoms with E-state index in [0.717, 1.165) is 31.9 Å². The van der Waals surface area contributed by atoms with E-state index in [-0.39, 0.29) is 12.6 Å². The number of benzene rings is 1. The molecule has 0 spiro atoms. The summed E-state index contributed by atoms with van der Waals surface area (Å²) in [4.78, 5) is 16.2. The fraction of sp³-hybridized carbons (Fsp3) is 0.533. The van der Waals surface area contributed by atoms with Crippen LogP contribution < -0.4 is 10.6 Å². The Morgan fingerprint density at radius 2 is 2.05 bits per heavy atom. The van der Waals surface area contributed by atoms with E-state index < -0.39 is 0 Å². The molecular formula is C15H23N3O3. The van der Waals surface area contributed by atoms with Crippen molar-refractivity contribution < 1.29 is 14.6 Å². The number of nitrogens with two attached hydrogens (primary N) is 1. The number of hydrogen-bond donors (Lipinski definition) is 2. The van der Waals surface area contributed by atoms with E-state index in [2.05, 4.69) is 9.80 Å². The van der Waals surface area contributed by atoms with Crippen LogP contribution in [0.2, 0.25) is 0 Å². The Morgan fingerprint density at radius 3 is 2.67 bits per heavy atom. The number of piperazine rings is 1. The van der Waals surface area contributed by atoms with E-state index in [0.29, 0.717) is 24.4 Å². The molecule has 6 heteroatoms. The molecule has 116 valence electrons. The molecule has 6 nitrogen and oxygen atoms in total. The maximum absolute atomic E-state index is 11.8. The summed E-state index contributed by atoms with van der Waals surface area (Å²) in [6, 6.07) is 5.25. The van der Waals surface area contributed by atoms with E-state index in [1.54, 1.807) is 25.1 Å². The van der Waals surface area contributed by atoms with Crippen LogP contribution in [0.5, 0.6) is 0 Å². The van der Waals surface area contributed by atoms with E-state index in [1.807, 2.05) is 0 Å². The van der Waals surface area contributed by atoms with Crippen LogP contribution in [0.1, 0.15) is 17.3 Å². The summed E-state index contributed by atoms with van der Waals surface area (Å²) in [6.07, 6.45) is 0. The zero-order valence-corrected chi connectivity index (χ0v) is 12.4. The van der Waals surface area contributed by atoms with Crippen molar-refractivity contribution in [3.05, 3.63) is 23.8 Å². The van der Waals surface area contributed by atoms with Crippen molar-refractivity contribution in [1.29, 1.82) is 0 Å². The van der Waals surface area contributed by atoms with E-state index >= 15 is 0 Å². The molecule has 21 heavy (non-hydrogen) atoms. The normalized spacial score (nSPS) is 16.0. The molecule has 1 saturated heterocycles. The van der Waals surface area contributed by atoms with Crippen LogP contribution in [-0.2, 0) is 4.74 Å². The first-order valence-electron chi connectivity index (χ1n) is 7.30. The van der Waals surface area contributed by atoms with E-state index in [4.69, 9.17) is 15.6 Å². The third kappa shape index (κ3) is 3.86. The molecule has 0 unspecified atom stereocenters. The van der Waals surface area contributed by atoms with Crippen molar-refractivity contribution in [3.63, 3.8) is 0 Å². The number of ether oxygens (including phenoxy) is 1. The van der Waals surface area contributed by atoms with Crippen LogP contribution >= 0.6 is 0 Å². The van der Waals surface area contributed by atoms with Crippen LogP contribution in [0.25, 0.3) is 0 Å². The fourth-order valence-corrected chi connectivity index (χ4v) is 2.51. The van der Waals surface area contributed by atoms with Gasteiger partial charge in [0.2, 0.25) is 0 Å². The zero-order valence-electron chi connectivity index (χ0n) is 12.4. The first-order valence-corrected chi connectivity index (χ1v) is 7.30. The minimum Gasteiger partial charge on any atom is -0.462 e. The molecule has 1 aromatic carbocycles. The van der Waals surface area contributed by atoms with Gasteiger partial charge < -0.3 is 20.5 Å². The molecule has 3 N–H and O–H groups in total. The predicted octanol–water partition coefficient (Wildman–Crippen LogP) is 0.560. The number of esters is 1. The highest BCUT2D eigenvalue weighted by molar-refractivity contribution is 5.92. The lowest BCUT2D eigenvalue weighted by Gasteiger charge is -2.36. The summed E-state index contributed by atoms with van der Waals surface area (Å²) >= 11 is 0. The Kier molecular flexibility index (Phi) is 5.41. The predicted molar refractivity (Wildman–Crippen MR) is 82.5 cm³/mol. The number of hydrogen-bond acceptors (Lipinski definition) is 6. The largest absolute Gasteiger partial charge is 0.462 e. The quantitative estimate of drug-likeness (QED) is 0.610. The SMILES string of the molecule is CCOC(=O)c1ccc(N)c(N2CCN(CCO)CC2)c1. The van der Waals surface area contributed by atoms with Gasteiger partial charge in [0, 0.05) is 32.7 Å². The minimum absolute atomic E-state index is 0.181. The highest BCUT2D eigenvalue weighted by Gasteiger charge is 2.19. The zero-order chi connectivity index (χ0) is 15.2. The molecule has 1 aromatic rings. The third-order valence-corrected chi connectivity index (χ3v) is 3.67. The second-order valence-corrected chi connectivity index (χ2v) is 5.05. The summed E-state index contributed by atoms with van der Waals surface area (Å²) in [5, 5.41) is 8.97. The van der Waals surface area contributed by atoms with Crippen LogP contribution in [0, 0.1) is 0 Å². The second kappa shape index (κ2) is 7.28. The van der Waals surface area contributed by atoms with E-state index in [9.17, 15) is 4.79 Å². The van der Waals surface area contributed by atoms with Gasteiger partial charge in [0.15, 0.2) is 0 Å². The lowest BCUT2D eigenvalue weighted by atomic mass is 10.1. The van der Waals surface area contributed by atoms with Crippen molar-refractivity contribution in [2.45, 2.75) is 6.92 Å². The molecule has 0 aliphatic carbocycles. The average molecular weight is 293 g/mol. The van der Waals surface area contributed by atoms with Gasteiger partial charge >= 0.3 is 5.97 Å².